The molecule has 2 aliphatic heterocycles. The summed E-state index contributed by atoms with van der Waals surface area (Å²) in [6.45, 7) is 1.81. The zero-order chi connectivity index (χ0) is 20.6. The standard InChI is InChI=1S/C20H20F3N3O3/c21-20(22,23)13-1-2-16-15(10-13)17-18(29-16)19(27)25-5-7-26(17)6-3-14-9-12(11-24)4-8-28-14/h1-2,10,12,14H,3-9H2,(H,25,27). The summed E-state index contributed by atoms with van der Waals surface area (Å²) >= 11 is 0. The van der Waals surface area contributed by atoms with Crippen molar-refractivity contribution in [3.05, 3.63) is 29.5 Å². The second-order valence-electron chi connectivity index (χ2n) is 7.36. The summed E-state index contributed by atoms with van der Waals surface area (Å²) in [5, 5.41) is 12.1. The number of alkyl halides is 3. The molecule has 1 saturated heterocycles. The number of amides is 1. The predicted octanol–water partition coefficient (Wildman–Crippen LogP) is 3.71. The molecule has 0 spiro atoms. The van der Waals surface area contributed by atoms with Gasteiger partial charge in [0.15, 0.2) is 0 Å². The second-order valence-corrected chi connectivity index (χ2v) is 7.36. The number of carbonyl (C=O) groups excluding carboxylic acids is 1. The number of nitrogens with one attached hydrogen (secondary N) is 1. The second kappa shape index (κ2) is 7.59. The van der Waals surface area contributed by atoms with E-state index in [2.05, 4.69) is 11.4 Å². The summed E-state index contributed by atoms with van der Waals surface area (Å²) in [5.41, 5.74) is -0.164. The molecular weight excluding hydrogens is 387 g/mol. The molecular formula is C20H20F3N3O3. The van der Waals surface area contributed by atoms with Crippen LogP contribution in [-0.2, 0) is 10.9 Å². The highest BCUT2D eigenvalue weighted by molar-refractivity contribution is 6.07. The number of hydrogen-bond donors (Lipinski definition) is 1. The van der Waals surface area contributed by atoms with Crippen LogP contribution in [0.4, 0.5) is 18.9 Å². The molecule has 9 heteroatoms. The van der Waals surface area contributed by atoms with Crippen LogP contribution in [0.15, 0.2) is 22.6 Å². The minimum Gasteiger partial charge on any atom is -0.449 e. The fourth-order valence-electron chi connectivity index (χ4n) is 3.95. The van der Waals surface area contributed by atoms with Crippen molar-refractivity contribution in [2.45, 2.75) is 31.5 Å². The number of halogens is 3. The largest absolute Gasteiger partial charge is 0.449 e. The van der Waals surface area contributed by atoms with E-state index in [9.17, 15) is 18.0 Å². The molecule has 3 heterocycles. The van der Waals surface area contributed by atoms with Gasteiger partial charge in [-0.25, -0.2) is 0 Å². The molecule has 6 nitrogen and oxygen atoms in total. The highest BCUT2D eigenvalue weighted by Crippen LogP contribution is 2.39. The minimum atomic E-state index is -4.49. The van der Waals surface area contributed by atoms with Crippen LogP contribution in [0, 0.1) is 17.2 Å². The van der Waals surface area contributed by atoms with Crippen LogP contribution in [0.2, 0.25) is 0 Å². The number of carbonyl (C=O) groups is 1. The number of furan rings is 1. The molecule has 1 amide bonds. The zero-order valence-corrected chi connectivity index (χ0v) is 15.6. The Kier molecular flexibility index (Phi) is 5.13. The molecule has 1 fully saturated rings. The Labute approximate surface area is 165 Å². The number of hydrogen-bond acceptors (Lipinski definition) is 5. The summed E-state index contributed by atoms with van der Waals surface area (Å²) in [5.74, 6) is -0.456. The summed E-state index contributed by atoms with van der Waals surface area (Å²) < 4.78 is 51.0. The van der Waals surface area contributed by atoms with E-state index in [1.807, 2.05) is 4.90 Å². The van der Waals surface area contributed by atoms with E-state index < -0.39 is 17.6 Å². The van der Waals surface area contributed by atoms with Crippen molar-refractivity contribution < 1.29 is 27.1 Å². The van der Waals surface area contributed by atoms with Gasteiger partial charge in [-0.15, -0.1) is 0 Å². The zero-order valence-electron chi connectivity index (χ0n) is 15.6. The summed E-state index contributed by atoms with van der Waals surface area (Å²) in [6.07, 6.45) is -2.62. The third-order valence-corrected chi connectivity index (χ3v) is 5.45. The summed E-state index contributed by atoms with van der Waals surface area (Å²) in [6, 6.07) is 5.51. The molecule has 0 aliphatic carbocycles. The molecule has 4 rings (SSSR count). The van der Waals surface area contributed by atoms with Gasteiger partial charge in [0.05, 0.1) is 29.3 Å². The van der Waals surface area contributed by atoms with E-state index in [-0.39, 0.29) is 28.8 Å². The Bertz CT molecular complexity index is 964. The molecule has 2 unspecified atom stereocenters. The quantitative estimate of drug-likeness (QED) is 0.839. The smallest absolute Gasteiger partial charge is 0.416 e. The van der Waals surface area contributed by atoms with E-state index >= 15 is 0 Å². The van der Waals surface area contributed by atoms with Crippen molar-refractivity contribution in [1.29, 1.82) is 5.26 Å². The Balaban J connectivity index is 1.65. The lowest BCUT2D eigenvalue weighted by Crippen LogP contribution is -2.34. The Morgan fingerprint density at radius 2 is 2.17 bits per heavy atom. The van der Waals surface area contributed by atoms with E-state index in [0.29, 0.717) is 51.2 Å². The average Bonchev–Trinajstić information content (AvgIpc) is 3.01. The number of ether oxygens (including phenoxy) is 1. The van der Waals surface area contributed by atoms with Crippen LogP contribution in [0.25, 0.3) is 11.0 Å². The fraction of sp³-hybridized carbons (Fsp3) is 0.500. The van der Waals surface area contributed by atoms with Gasteiger partial charge in [0.1, 0.15) is 5.58 Å². The van der Waals surface area contributed by atoms with E-state index in [0.717, 1.165) is 12.1 Å². The van der Waals surface area contributed by atoms with Crippen molar-refractivity contribution in [1.82, 2.24) is 5.32 Å². The molecule has 29 heavy (non-hydrogen) atoms. The van der Waals surface area contributed by atoms with Gasteiger partial charge in [0.2, 0.25) is 5.76 Å². The van der Waals surface area contributed by atoms with Gasteiger partial charge in [-0.3, -0.25) is 4.79 Å². The molecule has 1 aromatic carbocycles. The van der Waals surface area contributed by atoms with Crippen LogP contribution in [0.5, 0.6) is 0 Å². The molecule has 0 saturated carbocycles. The van der Waals surface area contributed by atoms with Crippen LogP contribution in [0.3, 0.4) is 0 Å². The monoisotopic (exact) mass is 407 g/mol. The Hall–Kier alpha value is -2.73. The molecule has 1 aromatic heterocycles. The number of rotatable bonds is 3. The van der Waals surface area contributed by atoms with Crippen molar-refractivity contribution >= 4 is 22.6 Å². The van der Waals surface area contributed by atoms with Gasteiger partial charge in [0.25, 0.3) is 5.91 Å². The third-order valence-electron chi connectivity index (χ3n) is 5.45. The van der Waals surface area contributed by atoms with Gasteiger partial charge in [0, 0.05) is 31.6 Å². The maximum Gasteiger partial charge on any atom is 0.416 e. The molecule has 2 atom stereocenters. The first-order valence-corrected chi connectivity index (χ1v) is 9.55. The molecule has 0 bridgehead atoms. The van der Waals surface area contributed by atoms with Gasteiger partial charge < -0.3 is 19.4 Å². The number of nitriles is 1. The number of fused-ring (bicyclic) bond motifs is 3. The molecule has 154 valence electrons. The highest BCUT2D eigenvalue weighted by Gasteiger charge is 2.34. The van der Waals surface area contributed by atoms with Crippen molar-refractivity contribution in [3.63, 3.8) is 0 Å². The lowest BCUT2D eigenvalue weighted by molar-refractivity contribution is -0.137. The lowest BCUT2D eigenvalue weighted by atomic mass is 9.95. The molecule has 1 N–H and O–H groups in total. The lowest BCUT2D eigenvalue weighted by Gasteiger charge is -2.29. The molecule has 2 aliphatic rings. The number of benzene rings is 1. The Morgan fingerprint density at radius 3 is 2.93 bits per heavy atom. The van der Waals surface area contributed by atoms with Crippen LogP contribution in [0.1, 0.15) is 35.4 Å². The molecule has 0 radical (unpaired) electrons. The van der Waals surface area contributed by atoms with Crippen LogP contribution in [-0.4, -0.2) is 38.3 Å². The maximum atomic E-state index is 13.2. The average molecular weight is 407 g/mol. The van der Waals surface area contributed by atoms with E-state index in [4.69, 9.17) is 14.4 Å². The first kappa shape index (κ1) is 19.6. The van der Waals surface area contributed by atoms with Gasteiger partial charge in [-0.05, 0) is 37.5 Å². The highest BCUT2D eigenvalue weighted by atomic mass is 19.4. The maximum absolute atomic E-state index is 13.2. The van der Waals surface area contributed by atoms with Gasteiger partial charge in [-0.2, -0.15) is 18.4 Å². The SMILES string of the molecule is N#CC1CCOC(CCN2CCNC(=O)c3oc4ccc(C(F)(F)F)cc4c32)C1. The predicted molar refractivity (Wildman–Crippen MR) is 98.5 cm³/mol. The first-order chi connectivity index (χ1) is 13.9. The van der Waals surface area contributed by atoms with Crippen LogP contribution < -0.4 is 10.2 Å². The molecule has 2 aromatic rings. The summed E-state index contributed by atoms with van der Waals surface area (Å²) in [7, 11) is 0. The van der Waals surface area contributed by atoms with E-state index in [1.165, 1.54) is 6.07 Å². The fourth-order valence-corrected chi connectivity index (χ4v) is 3.95. The third kappa shape index (κ3) is 3.90. The first-order valence-electron chi connectivity index (χ1n) is 9.55. The van der Waals surface area contributed by atoms with Crippen molar-refractivity contribution in [2.75, 3.05) is 31.1 Å². The Morgan fingerprint density at radius 1 is 1.34 bits per heavy atom. The number of nitrogens with zero attached hydrogens (tertiary/aromatic N) is 2. The van der Waals surface area contributed by atoms with Gasteiger partial charge >= 0.3 is 6.18 Å². The normalized spacial score (nSPS) is 22.7. The van der Waals surface area contributed by atoms with Gasteiger partial charge in [-0.1, -0.05) is 0 Å². The number of anilines is 1. The topological polar surface area (TPSA) is 78.5 Å². The van der Waals surface area contributed by atoms with Crippen LogP contribution >= 0.6 is 0 Å². The van der Waals surface area contributed by atoms with E-state index in [1.54, 1.807) is 0 Å². The minimum absolute atomic E-state index is 0.0243. The van der Waals surface area contributed by atoms with Crippen molar-refractivity contribution in [3.8, 4) is 6.07 Å². The van der Waals surface area contributed by atoms with Crippen molar-refractivity contribution in [2.24, 2.45) is 5.92 Å². The summed E-state index contributed by atoms with van der Waals surface area (Å²) in [4.78, 5) is 14.2.